The molecule has 132 valence electrons. The van der Waals surface area contributed by atoms with Crippen molar-refractivity contribution in [2.75, 3.05) is 19.1 Å². The molecule has 0 radical (unpaired) electrons. The van der Waals surface area contributed by atoms with Crippen LogP contribution in [0.1, 0.15) is 10.4 Å². The normalized spacial score (nSPS) is 12.0. The highest BCUT2D eigenvalue weighted by atomic mass is 35.6. The van der Waals surface area contributed by atoms with Gasteiger partial charge in [0.1, 0.15) is 6.17 Å². The summed E-state index contributed by atoms with van der Waals surface area (Å²) in [6.07, 6.45) is -1.30. The first-order valence-electron chi connectivity index (χ1n) is 6.36. The minimum atomic E-state index is -2.00. The second-order valence-corrected chi connectivity index (χ2v) is 7.09. The maximum Gasteiger partial charge on any atom is 0.339 e. The molecule has 1 atom stereocenters. The molecule has 0 heterocycles. The first-order valence-corrected chi connectivity index (χ1v) is 7.90. The number of benzene rings is 1. The van der Waals surface area contributed by atoms with E-state index < -0.39 is 28.5 Å². The quantitative estimate of drug-likeness (QED) is 0.296. The number of esters is 1. The third kappa shape index (κ3) is 6.27. The van der Waals surface area contributed by atoms with E-state index in [2.05, 4.69) is 20.7 Å². The lowest BCUT2D eigenvalue weighted by Gasteiger charge is -2.27. The Kier molecular flexibility index (Phi) is 7.95. The molecule has 0 bridgehead atoms. The van der Waals surface area contributed by atoms with Crippen molar-refractivity contribution in [1.29, 1.82) is 0 Å². The lowest BCUT2D eigenvalue weighted by atomic mass is 10.2. The Hall–Kier alpha value is -1.35. The maximum absolute atomic E-state index is 12.3. The van der Waals surface area contributed by atoms with Crippen molar-refractivity contribution in [3.8, 4) is 0 Å². The Morgan fingerprint density at radius 3 is 2.46 bits per heavy atom. The van der Waals surface area contributed by atoms with E-state index in [0.717, 1.165) is 0 Å². The highest BCUT2D eigenvalue weighted by molar-refractivity contribution is 7.80. The number of hydrogen-bond donors (Lipinski definition) is 3. The Morgan fingerprint density at radius 1 is 1.29 bits per heavy atom. The van der Waals surface area contributed by atoms with Crippen LogP contribution < -0.4 is 16.0 Å². The summed E-state index contributed by atoms with van der Waals surface area (Å²) in [5, 5.41) is 7.31. The van der Waals surface area contributed by atoms with E-state index in [1.165, 1.54) is 13.2 Å². The van der Waals surface area contributed by atoms with Crippen LogP contribution in [-0.2, 0) is 9.53 Å². The predicted molar refractivity (Wildman–Crippen MR) is 95.3 cm³/mol. The van der Waals surface area contributed by atoms with Crippen LogP contribution in [0.25, 0.3) is 0 Å². The lowest BCUT2D eigenvalue weighted by Crippen LogP contribution is -2.56. The fourth-order valence-electron chi connectivity index (χ4n) is 1.57. The Labute approximate surface area is 158 Å². The van der Waals surface area contributed by atoms with Crippen LogP contribution >= 0.6 is 47.0 Å². The number of hydrogen-bond acceptors (Lipinski definition) is 4. The highest BCUT2D eigenvalue weighted by Gasteiger charge is 2.34. The van der Waals surface area contributed by atoms with Crippen LogP contribution in [0.3, 0.4) is 0 Å². The van der Waals surface area contributed by atoms with Gasteiger partial charge in [-0.2, -0.15) is 0 Å². The summed E-state index contributed by atoms with van der Waals surface area (Å²) in [7, 11) is 1.24. The van der Waals surface area contributed by atoms with Gasteiger partial charge in [-0.05, 0) is 24.4 Å². The number of para-hydroxylation sites is 1. The van der Waals surface area contributed by atoms with Crippen molar-refractivity contribution in [3.63, 3.8) is 0 Å². The summed E-state index contributed by atoms with van der Waals surface area (Å²) >= 11 is 22.2. The van der Waals surface area contributed by atoms with Gasteiger partial charge in [-0.15, -0.1) is 0 Å². The smallest absolute Gasteiger partial charge is 0.339 e. The van der Waals surface area contributed by atoms with Gasteiger partial charge in [0.05, 0.1) is 18.4 Å². The van der Waals surface area contributed by atoms with Crippen molar-refractivity contribution in [2.24, 2.45) is 0 Å². The lowest BCUT2D eigenvalue weighted by molar-refractivity contribution is -0.122. The monoisotopic (exact) mass is 415 g/mol. The van der Waals surface area contributed by atoms with Crippen LogP contribution in [0.5, 0.6) is 0 Å². The summed E-state index contributed by atoms with van der Waals surface area (Å²) in [5.74, 6) is -1.57. The molecule has 0 saturated carbocycles. The first kappa shape index (κ1) is 20.7. The van der Waals surface area contributed by atoms with Gasteiger partial charge in [-0.3, -0.25) is 4.79 Å². The zero-order chi connectivity index (χ0) is 18.3. The number of anilines is 1. The fraction of sp³-hybridized carbons (Fsp3) is 0.308. The standard InChI is InChI=1S/C13H13Cl3FN3O3S/c1-23-10(22)7-4-2-3-5-8(7)18-12(24)20-11(13(14,15)16)19-9(21)6-17/h2-5,11H,6H2,1H3,(H,19,21)(H2,18,20,24). The minimum Gasteiger partial charge on any atom is -0.465 e. The van der Waals surface area contributed by atoms with Crippen molar-refractivity contribution < 1.29 is 18.7 Å². The average molecular weight is 417 g/mol. The fourth-order valence-corrected chi connectivity index (χ4v) is 2.12. The zero-order valence-corrected chi connectivity index (χ0v) is 15.3. The summed E-state index contributed by atoms with van der Waals surface area (Å²) in [5.41, 5.74) is 0.559. The van der Waals surface area contributed by atoms with Gasteiger partial charge < -0.3 is 20.7 Å². The Morgan fingerprint density at radius 2 is 1.92 bits per heavy atom. The van der Waals surface area contributed by atoms with Gasteiger partial charge in [0.15, 0.2) is 11.8 Å². The molecule has 1 rings (SSSR count). The molecule has 0 aliphatic rings. The topological polar surface area (TPSA) is 79.5 Å². The van der Waals surface area contributed by atoms with Gasteiger partial charge in [-0.1, -0.05) is 46.9 Å². The molecule has 0 spiro atoms. The van der Waals surface area contributed by atoms with Gasteiger partial charge in [-0.25, -0.2) is 9.18 Å². The molecular formula is C13H13Cl3FN3O3S. The third-order valence-corrected chi connectivity index (χ3v) is 3.48. The second-order valence-electron chi connectivity index (χ2n) is 4.31. The van der Waals surface area contributed by atoms with E-state index >= 15 is 0 Å². The van der Waals surface area contributed by atoms with E-state index in [0.29, 0.717) is 5.69 Å². The SMILES string of the molecule is COC(=O)c1ccccc1NC(=S)NC(NC(=O)CF)C(Cl)(Cl)Cl. The molecule has 1 unspecified atom stereocenters. The molecule has 3 N–H and O–H groups in total. The number of ether oxygens (including phenoxy) is 1. The summed E-state index contributed by atoms with van der Waals surface area (Å²) in [6.45, 7) is -1.29. The van der Waals surface area contributed by atoms with E-state index in [4.69, 9.17) is 47.0 Å². The van der Waals surface area contributed by atoms with Crippen molar-refractivity contribution in [2.45, 2.75) is 9.96 Å². The summed E-state index contributed by atoms with van der Waals surface area (Å²) < 4.78 is 15.0. The number of carbonyl (C=O) groups is 2. The Balaban J connectivity index is 2.87. The van der Waals surface area contributed by atoms with Crippen LogP contribution in [0, 0.1) is 0 Å². The predicted octanol–water partition coefficient (Wildman–Crippen LogP) is 2.54. The molecule has 0 fully saturated rings. The van der Waals surface area contributed by atoms with Crippen molar-refractivity contribution in [3.05, 3.63) is 29.8 Å². The molecule has 6 nitrogen and oxygen atoms in total. The van der Waals surface area contributed by atoms with Crippen LogP contribution in [0.15, 0.2) is 24.3 Å². The van der Waals surface area contributed by atoms with E-state index in [1.807, 2.05) is 0 Å². The number of carbonyl (C=O) groups excluding carboxylic acids is 2. The minimum absolute atomic E-state index is 0.0677. The van der Waals surface area contributed by atoms with Crippen LogP contribution in [0.4, 0.5) is 10.1 Å². The largest absolute Gasteiger partial charge is 0.465 e. The molecule has 1 amide bonds. The molecule has 1 aromatic rings. The molecule has 11 heteroatoms. The van der Waals surface area contributed by atoms with Crippen LogP contribution in [-0.4, -0.2) is 40.7 Å². The van der Waals surface area contributed by atoms with Gasteiger partial charge in [0, 0.05) is 0 Å². The van der Waals surface area contributed by atoms with E-state index in [9.17, 15) is 14.0 Å². The first-order chi connectivity index (χ1) is 11.2. The number of alkyl halides is 4. The number of rotatable bonds is 5. The van der Waals surface area contributed by atoms with E-state index in [-0.39, 0.29) is 10.7 Å². The zero-order valence-electron chi connectivity index (χ0n) is 12.2. The number of thiocarbonyl (C=S) groups is 1. The number of methoxy groups -OCH3 is 1. The number of halogens is 4. The van der Waals surface area contributed by atoms with Gasteiger partial charge >= 0.3 is 5.97 Å². The average Bonchev–Trinajstić information content (AvgIpc) is 2.52. The summed E-state index contributed by atoms with van der Waals surface area (Å²) in [4.78, 5) is 22.9. The molecule has 0 aliphatic heterocycles. The second kappa shape index (κ2) is 9.22. The number of nitrogens with one attached hydrogen (secondary N) is 3. The summed E-state index contributed by atoms with van der Waals surface area (Å²) in [6, 6.07) is 6.40. The molecule has 1 aromatic carbocycles. The van der Waals surface area contributed by atoms with Crippen molar-refractivity contribution in [1.82, 2.24) is 10.6 Å². The maximum atomic E-state index is 12.3. The van der Waals surface area contributed by atoms with Gasteiger partial charge in [0.25, 0.3) is 5.91 Å². The van der Waals surface area contributed by atoms with Gasteiger partial charge in [0.2, 0.25) is 3.79 Å². The number of amides is 1. The molecule has 0 saturated heterocycles. The van der Waals surface area contributed by atoms with E-state index in [1.54, 1.807) is 18.2 Å². The molecule has 0 aromatic heterocycles. The van der Waals surface area contributed by atoms with Crippen LogP contribution in [0.2, 0.25) is 0 Å². The third-order valence-electron chi connectivity index (χ3n) is 2.61. The molecule has 24 heavy (non-hydrogen) atoms. The highest BCUT2D eigenvalue weighted by Crippen LogP contribution is 2.29. The van der Waals surface area contributed by atoms with Crippen molar-refractivity contribution >= 4 is 69.7 Å². The molecular weight excluding hydrogens is 404 g/mol. The molecule has 0 aliphatic carbocycles. The Bertz CT molecular complexity index is 628.